The van der Waals surface area contributed by atoms with E-state index in [2.05, 4.69) is 17.5 Å². The molecule has 3 nitrogen and oxygen atoms in total. The predicted molar refractivity (Wildman–Crippen MR) is 53.4 cm³/mol. The van der Waals surface area contributed by atoms with Crippen LogP contribution in [0, 0.1) is 11.3 Å². The van der Waals surface area contributed by atoms with Gasteiger partial charge in [-0.2, -0.15) is 5.26 Å². The fraction of sp³-hybridized carbons (Fsp3) is 0.700. The second-order valence-electron chi connectivity index (χ2n) is 3.13. The number of rotatable bonds is 7. The summed E-state index contributed by atoms with van der Waals surface area (Å²) in [5.74, 6) is 0. The lowest BCUT2D eigenvalue weighted by Crippen LogP contribution is -2.29. The molecule has 0 fully saturated rings. The van der Waals surface area contributed by atoms with Crippen molar-refractivity contribution in [3.05, 3.63) is 12.2 Å². The molecule has 0 aliphatic carbocycles. The van der Waals surface area contributed by atoms with Gasteiger partial charge in [-0.25, -0.2) is 0 Å². The number of nitrogens with zero attached hydrogens (tertiary/aromatic N) is 2. The largest absolute Gasteiger partial charge is 0.383 e. The van der Waals surface area contributed by atoms with Crippen LogP contribution in [-0.2, 0) is 4.74 Å². The Balaban J connectivity index is 3.74. The van der Waals surface area contributed by atoms with E-state index in [1.165, 1.54) is 0 Å². The number of hydrogen-bond donors (Lipinski definition) is 0. The minimum atomic E-state index is 0.566. The van der Waals surface area contributed by atoms with E-state index in [-0.39, 0.29) is 0 Å². The Morgan fingerprint density at radius 3 is 2.69 bits per heavy atom. The normalized spacial score (nSPS) is 10.0. The summed E-state index contributed by atoms with van der Waals surface area (Å²) < 4.78 is 4.98. The summed E-state index contributed by atoms with van der Waals surface area (Å²) in [6, 6.07) is 2.14. The lowest BCUT2D eigenvalue weighted by Gasteiger charge is -2.20. The molecule has 74 valence electrons. The molecule has 0 saturated heterocycles. The molecule has 0 heterocycles. The molecule has 0 aromatic carbocycles. The summed E-state index contributed by atoms with van der Waals surface area (Å²) in [6.07, 6.45) is 0.566. The summed E-state index contributed by atoms with van der Waals surface area (Å²) in [7, 11) is 1.68. The van der Waals surface area contributed by atoms with Gasteiger partial charge in [0.1, 0.15) is 0 Å². The third kappa shape index (κ3) is 7.51. The highest BCUT2D eigenvalue weighted by molar-refractivity contribution is 4.92. The van der Waals surface area contributed by atoms with Crippen molar-refractivity contribution in [1.82, 2.24) is 4.90 Å². The van der Waals surface area contributed by atoms with Crippen molar-refractivity contribution in [3.63, 3.8) is 0 Å². The highest BCUT2D eigenvalue weighted by atomic mass is 16.5. The van der Waals surface area contributed by atoms with Gasteiger partial charge in [0.2, 0.25) is 0 Å². The second kappa shape index (κ2) is 7.78. The molecular weight excluding hydrogens is 164 g/mol. The van der Waals surface area contributed by atoms with Crippen molar-refractivity contribution < 1.29 is 4.74 Å². The van der Waals surface area contributed by atoms with Crippen LogP contribution < -0.4 is 0 Å². The Bertz CT molecular complexity index is 184. The van der Waals surface area contributed by atoms with Crippen LogP contribution in [0.25, 0.3) is 0 Å². The maximum atomic E-state index is 8.44. The Hall–Kier alpha value is -0.850. The van der Waals surface area contributed by atoms with Gasteiger partial charge in [0.15, 0.2) is 0 Å². The number of ether oxygens (including phenoxy) is 1. The molecule has 0 radical (unpaired) electrons. The number of methoxy groups -OCH3 is 1. The van der Waals surface area contributed by atoms with Gasteiger partial charge < -0.3 is 4.74 Å². The van der Waals surface area contributed by atoms with Crippen molar-refractivity contribution in [2.45, 2.75) is 13.3 Å². The number of hydrogen-bond acceptors (Lipinski definition) is 3. The summed E-state index contributed by atoms with van der Waals surface area (Å²) in [6.45, 7) is 9.06. The molecule has 13 heavy (non-hydrogen) atoms. The topological polar surface area (TPSA) is 36.3 Å². The van der Waals surface area contributed by atoms with Gasteiger partial charge in [-0.3, -0.25) is 4.90 Å². The van der Waals surface area contributed by atoms with Crippen molar-refractivity contribution in [2.75, 3.05) is 33.4 Å². The molecule has 0 saturated carbocycles. The maximum Gasteiger partial charge on any atom is 0.0635 e. The molecule has 0 unspecified atom stereocenters. The van der Waals surface area contributed by atoms with E-state index in [1.807, 2.05) is 6.92 Å². The average molecular weight is 182 g/mol. The zero-order valence-electron chi connectivity index (χ0n) is 8.55. The third-order valence-corrected chi connectivity index (χ3v) is 1.64. The van der Waals surface area contributed by atoms with Gasteiger partial charge >= 0.3 is 0 Å². The fourth-order valence-electron chi connectivity index (χ4n) is 1.08. The third-order valence-electron chi connectivity index (χ3n) is 1.64. The SMILES string of the molecule is C=C(C)CN(CCC#N)CCOC. The quantitative estimate of drug-likeness (QED) is 0.559. The first-order valence-corrected chi connectivity index (χ1v) is 4.43. The van der Waals surface area contributed by atoms with Gasteiger partial charge in [-0.1, -0.05) is 12.2 Å². The highest BCUT2D eigenvalue weighted by Crippen LogP contribution is 1.97. The molecule has 0 aromatic heterocycles. The van der Waals surface area contributed by atoms with Gasteiger partial charge in [0, 0.05) is 33.2 Å². The monoisotopic (exact) mass is 182 g/mol. The lowest BCUT2D eigenvalue weighted by molar-refractivity contribution is 0.154. The van der Waals surface area contributed by atoms with E-state index < -0.39 is 0 Å². The van der Waals surface area contributed by atoms with Crippen LogP contribution in [-0.4, -0.2) is 38.3 Å². The maximum absolute atomic E-state index is 8.44. The minimum Gasteiger partial charge on any atom is -0.383 e. The second-order valence-corrected chi connectivity index (χ2v) is 3.13. The highest BCUT2D eigenvalue weighted by Gasteiger charge is 2.03. The molecule has 0 N–H and O–H groups in total. The minimum absolute atomic E-state index is 0.566. The van der Waals surface area contributed by atoms with E-state index in [0.717, 1.165) is 25.2 Å². The van der Waals surface area contributed by atoms with Gasteiger partial charge in [-0.05, 0) is 6.92 Å². The van der Waals surface area contributed by atoms with E-state index in [9.17, 15) is 0 Å². The van der Waals surface area contributed by atoms with E-state index in [0.29, 0.717) is 13.0 Å². The van der Waals surface area contributed by atoms with Gasteiger partial charge in [-0.15, -0.1) is 0 Å². The molecule has 3 heteroatoms. The van der Waals surface area contributed by atoms with Gasteiger partial charge in [0.05, 0.1) is 12.7 Å². The Labute approximate surface area is 80.6 Å². The van der Waals surface area contributed by atoms with Crippen LogP contribution in [0.2, 0.25) is 0 Å². The molecular formula is C10H18N2O. The van der Waals surface area contributed by atoms with E-state index >= 15 is 0 Å². The molecule has 0 amide bonds. The van der Waals surface area contributed by atoms with Crippen LogP contribution in [0.3, 0.4) is 0 Å². The van der Waals surface area contributed by atoms with Crippen molar-refractivity contribution in [1.29, 1.82) is 5.26 Å². The number of nitriles is 1. The first kappa shape index (κ1) is 12.2. The molecule has 0 aliphatic heterocycles. The smallest absolute Gasteiger partial charge is 0.0635 e. The van der Waals surface area contributed by atoms with E-state index in [1.54, 1.807) is 7.11 Å². The Morgan fingerprint density at radius 1 is 1.54 bits per heavy atom. The summed E-state index contributed by atoms with van der Waals surface area (Å²) in [5.41, 5.74) is 1.12. The summed E-state index contributed by atoms with van der Waals surface area (Å²) in [5, 5.41) is 8.44. The molecule has 0 aliphatic rings. The zero-order chi connectivity index (χ0) is 10.1. The fourth-order valence-corrected chi connectivity index (χ4v) is 1.08. The van der Waals surface area contributed by atoms with Crippen LogP contribution in [0.1, 0.15) is 13.3 Å². The van der Waals surface area contributed by atoms with E-state index in [4.69, 9.17) is 10.00 Å². The lowest BCUT2D eigenvalue weighted by atomic mass is 10.3. The molecule has 0 rings (SSSR count). The molecule has 0 atom stereocenters. The van der Waals surface area contributed by atoms with Crippen LogP contribution >= 0.6 is 0 Å². The summed E-state index contributed by atoms with van der Waals surface area (Å²) in [4.78, 5) is 2.18. The van der Waals surface area contributed by atoms with Gasteiger partial charge in [0.25, 0.3) is 0 Å². The molecule has 0 bridgehead atoms. The van der Waals surface area contributed by atoms with Crippen LogP contribution in [0.5, 0.6) is 0 Å². The summed E-state index contributed by atoms with van der Waals surface area (Å²) >= 11 is 0. The zero-order valence-corrected chi connectivity index (χ0v) is 8.55. The Kier molecular flexibility index (Phi) is 7.27. The molecule has 0 spiro atoms. The van der Waals surface area contributed by atoms with Crippen molar-refractivity contribution in [3.8, 4) is 6.07 Å². The van der Waals surface area contributed by atoms with Crippen LogP contribution in [0.4, 0.5) is 0 Å². The van der Waals surface area contributed by atoms with Crippen molar-refractivity contribution in [2.24, 2.45) is 0 Å². The van der Waals surface area contributed by atoms with Crippen molar-refractivity contribution >= 4 is 0 Å². The first-order chi connectivity index (χ1) is 6.20. The average Bonchev–Trinajstić information content (AvgIpc) is 2.09. The predicted octanol–water partition coefficient (Wildman–Crippen LogP) is 1.42. The standard InChI is InChI=1S/C10H18N2O/c1-10(2)9-12(6-4-5-11)7-8-13-3/h1,4,6-9H2,2-3H3. The Morgan fingerprint density at radius 2 is 2.23 bits per heavy atom. The first-order valence-electron chi connectivity index (χ1n) is 4.43. The van der Waals surface area contributed by atoms with Crippen LogP contribution in [0.15, 0.2) is 12.2 Å². The molecule has 0 aromatic rings.